The van der Waals surface area contributed by atoms with Gasteiger partial charge in [0.05, 0.1) is 6.04 Å². The summed E-state index contributed by atoms with van der Waals surface area (Å²) in [6.45, 7) is 0.233. The summed E-state index contributed by atoms with van der Waals surface area (Å²) in [5, 5.41) is 0. The Hall–Kier alpha value is -2.69. The number of rotatable bonds is 3. The third-order valence-electron chi connectivity index (χ3n) is 4.38. The van der Waals surface area contributed by atoms with Crippen LogP contribution in [-0.4, -0.2) is 30.9 Å². The van der Waals surface area contributed by atoms with Gasteiger partial charge in [0.25, 0.3) is 0 Å². The van der Waals surface area contributed by atoms with Crippen molar-refractivity contribution in [2.24, 2.45) is 0 Å². The molecule has 2 aliphatic rings. The maximum atomic E-state index is 12.0. The van der Waals surface area contributed by atoms with Gasteiger partial charge >= 0.3 is 6.09 Å². The number of fused-ring (bicyclic) bond motifs is 1. The van der Waals surface area contributed by atoms with Gasteiger partial charge in [0.1, 0.15) is 6.10 Å². The first-order chi connectivity index (χ1) is 11.2. The minimum absolute atomic E-state index is 0.0507. The Bertz CT molecular complexity index is 731. The zero-order valence-electron chi connectivity index (χ0n) is 12.8. The van der Waals surface area contributed by atoms with Crippen LogP contribution < -0.4 is 9.47 Å². The van der Waals surface area contributed by atoms with Crippen LogP contribution >= 0.6 is 0 Å². The zero-order chi connectivity index (χ0) is 15.8. The smallest absolute Gasteiger partial charge is 0.410 e. The molecule has 0 radical (unpaired) electrons. The van der Waals surface area contributed by atoms with Crippen LogP contribution in [0.5, 0.6) is 11.5 Å². The highest BCUT2D eigenvalue weighted by Gasteiger charge is 2.40. The van der Waals surface area contributed by atoms with Crippen LogP contribution in [0.1, 0.15) is 17.2 Å². The number of nitrogens with zero attached hydrogens (tertiary/aromatic N) is 1. The first-order valence-electron chi connectivity index (χ1n) is 7.59. The van der Waals surface area contributed by atoms with Gasteiger partial charge in [0, 0.05) is 7.05 Å². The van der Waals surface area contributed by atoms with E-state index in [1.807, 2.05) is 36.4 Å². The molecule has 4 rings (SSSR count). The molecule has 0 spiro atoms. The Morgan fingerprint density at radius 1 is 1.09 bits per heavy atom. The van der Waals surface area contributed by atoms with Crippen LogP contribution in [0.2, 0.25) is 0 Å². The molecule has 5 heteroatoms. The summed E-state index contributed by atoms with van der Waals surface area (Å²) in [5.74, 6) is 1.43. The highest BCUT2D eigenvalue weighted by Crippen LogP contribution is 2.39. The lowest BCUT2D eigenvalue weighted by Crippen LogP contribution is -2.32. The van der Waals surface area contributed by atoms with Crippen molar-refractivity contribution in [3.63, 3.8) is 0 Å². The minimum atomic E-state index is -0.317. The second-order valence-corrected chi connectivity index (χ2v) is 5.79. The van der Waals surface area contributed by atoms with Crippen molar-refractivity contribution in [3.8, 4) is 11.5 Å². The Morgan fingerprint density at radius 2 is 1.87 bits per heavy atom. The van der Waals surface area contributed by atoms with Crippen molar-refractivity contribution < 1.29 is 19.0 Å². The molecule has 118 valence electrons. The number of hydrogen-bond donors (Lipinski definition) is 0. The van der Waals surface area contributed by atoms with Crippen molar-refractivity contribution in [1.82, 2.24) is 4.90 Å². The van der Waals surface area contributed by atoms with Crippen LogP contribution in [0.4, 0.5) is 4.79 Å². The molecule has 2 atom stereocenters. The van der Waals surface area contributed by atoms with Crippen molar-refractivity contribution in [1.29, 1.82) is 0 Å². The number of carbonyl (C=O) groups is 1. The molecule has 0 bridgehead atoms. The highest BCUT2D eigenvalue weighted by molar-refractivity contribution is 5.71. The fourth-order valence-corrected chi connectivity index (χ4v) is 3.09. The molecule has 5 nitrogen and oxygen atoms in total. The van der Waals surface area contributed by atoms with Gasteiger partial charge in [-0.25, -0.2) is 4.79 Å². The SMILES string of the molecule is CN1C(=O)OC(c2ccc3c(c2)OCO3)C1Cc1ccccc1. The average Bonchev–Trinajstić information content (AvgIpc) is 3.15. The van der Waals surface area contributed by atoms with Crippen LogP contribution in [0, 0.1) is 0 Å². The van der Waals surface area contributed by atoms with Crippen LogP contribution in [0.3, 0.4) is 0 Å². The van der Waals surface area contributed by atoms with Gasteiger partial charge in [-0.15, -0.1) is 0 Å². The van der Waals surface area contributed by atoms with Gasteiger partial charge in [-0.1, -0.05) is 36.4 Å². The topological polar surface area (TPSA) is 48.0 Å². The molecule has 2 aromatic carbocycles. The zero-order valence-corrected chi connectivity index (χ0v) is 12.8. The summed E-state index contributed by atoms with van der Waals surface area (Å²) in [4.78, 5) is 13.7. The Morgan fingerprint density at radius 3 is 2.70 bits per heavy atom. The molecule has 0 aromatic heterocycles. The lowest BCUT2D eigenvalue weighted by atomic mass is 9.96. The second-order valence-electron chi connectivity index (χ2n) is 5.79. The van der Waals surface area contributed by atoms with Gasteiger partial charge in [0.15, 0.2) is 11.5 Å². The van der Waals surface area contributed by atoms with Gasteiger partial charge < -0.3 is 19.1 Å². The monoisotopic (exact) mass is 311 g/mol. The first-order valence-corrected chi connectivity index (χ1v) is 7.59. The highest BCUT2D eigenvalue weighted by atomic mass is 16.7. The fraction of sp³-hybridized carbons (Fsp3) is 0.278. The Labute approximate surface area is 134 Å². The van der Waals surface area contributed by atoms with Crippen LogP contribution in [0.25, 0.3) is 0 Å². The second kappa shape index (κ2) is 5.50. The average molecular weight is 311 g/mol. The molecule has 0 N–H and O–H groups in total. The van der Waals surface area contributed by atoms with E-state index in [0.717, 1.165) is 17.7 Å². The van der Waals surface area contributed by atoms with E-state index < -0.39 is 0 Å². The molecular formula is C18H17NO4. The third kappa shape index (κ3) is 2.48. The molecule has 2 aromatic rings. The summed E-state index contributed by atoms with van der Waals surface area (Å²) < 4.78 is 16.4. The summed E-state index contributed by atoms with van der Waals surface area (Å²) in [6, 6.07) is 15.8. The van der Waals surface area contributed by atoms with Crippen molar-refractivity contribution in [3.05, 3.63) is 59.7 Å². The van der Waals surface area contributed by atoms with E-state index in [-0.39, 0.29) is 25.0 Å². The lowest BCUT2D eigenvalue weighted by molar-refractivity contribution is 0.130. The Kier molecular flexibility index (Phi) is 3.33. The van der Waals surface area contributed by atoms with E-state index in [9.17, 15) is 4.79 Å². The molecule has 0 aliphatic carbocycles. The van der Waals surface area contributed by atoms with Gasteiger partial charge in [0.2, 0.25) is 6.79 Å². The van der Waals surface area contributed by atoms with Crippen LogP contribution in [-0.2, 0) is 11.2 Å². The maximum absolute atomic E-state index is 12.0. The predicted octanol–water partition coefficient (Wildman–Crippen LogP) is 3.15. The molecule has 23 heavy (non-hydrogen) atoms. The van der Waals surface area contributed by atoms with Crippen LogP contribution in [0.15, 0.2) is 48.5 Å². The number of benzene rings is 2. The number of likely N-dealkylation sites (N-methyl/N-ethyl adjacent to an activating group) is 1. The van der Waals surface area contributed by atoms with Crippen molar-refractivity contribution >= 4 is 6.09 Å². The molecule has 1 amide bonds. The van der Waals surface area contributed by atoms with Gasteiger partial charge in [-0.05, 0) is 29.7 Å². The number of carbonyl (C=O) groups excluding carboxylic acids is 1. The van der Waals surface area contributed by atoms with Gasteiger partial charge in [-0.3, -0.25) is 0 Å². The largest absolute Gasteiger partial charge is 0.454 e. The number of cyclic esters (lactones) is 1. The van der Waals surface area contributed by atoms with E-state index in [4.69, 9.17) is 14.2 Å². The summed E-state index contributed by atoms with van der Waals surface area (Å²) in [5.41, 5.74) is 2.10. The standard InChI is InChI=1S/C18H17NO4/c1-19-14(9-12-5-3-2-4-6-12)17(23-18(19)20)13-7-8-15-16(10-13)22-11-21-15/h2-8,10,14,17H,9,11H2,1H3. The summed E-state index contributed by atoms with van der Waals surface area (Å²) in [6.07, 6.45) is 0.123. The van der Waals surface area contributed by atoms with Crippen molar-refractivity contribution in [2.75, 3.05) is 13.8 Å². The van der Waals surface area contributed by atoms with Gasteiger partial charge in [-0.2, -0.15) is 0 Å². The summed E-state index contributed by atoms with van der Waals surface area (Å²) in [7, 11) is 1.78. The molecule has 2 unspecified atom stereocenters. The van der Waals surface area contributed by atoms with E-state index >= 15 is 0 Å². The first kappa shape index (κ1) is 13.9. The molecular weight excluding hydrogens is 294 g/mol. The molecule has 1 fully saturated rings. The van der Waals surface area contributed by atoms with Crippen molar-refractivity contribution in [2.45, 2.75) is 18.6 Å². The normalized spacial score (nSPS) is 22.3. The quantitative estimate of drug-likeness (QED) is 0.873. The van der Waals surface area contributed by atoms with E-state index in [1.54, 1.807) is 11.9 Å². The molecule has 0 saturated carbocycles. The van der Waals surface area contributed by atoms with E-state index in [2.05, 4.69) is 12.1 Å². The summed E-state index contributed by atoms with van der Waals surface area (Å²) >= 11 is 0. The maximum Gasteiger partial charge on any atom is 0.410 e. The Balaban J connectivity index is 1.64. The molecule has 2 heterocycles. The molecule has 2 aliphatic heterocycles. The fourth-order valence-electron chi connectivity index (χ4n) is 3.09. The lowest BCUT2D eigenvalue weighted by Gasteiger charge is -2.22. The number of amides is 1. The predicted molar refractivity (Wildman–Crippen MR) is 83.5 cm³/mol. The third-order valence-corrected chi connectivity index (χ3v) is 4.38. The van der Waals surface area contributed by atoms with E-state index in [1.165, 1.54) is 5.56 Å². The number of hydrogen-bond acceptors (Lipinski definition) is 4. The number of ether oxygens (including phenoxy) is 3. The minimum Gasteiger partial charge on any atom is -0.454 e. The van der Waals surface area contributed by atoms with E-state index in [0.29, 0.717) is 5.75 Å². The molecule has 1 saturated heterocycles.